The van der Waals surface area contributed by atoms with Crippen molar-refractivity contribution in [2.24, 2.45) is 5.10 Å². The molecule has 3 aromatic rings. The molecule has 0 aliphatic heterocycles. The van der Waals surface area contributed by atoms with Gasteiger partial charge in [0.25, 0.3) is 5.91 Å². The molecular formula is C21H22N4O. The zero-order valence-corrected chi connectivity index (χ0v) is 15.2. The summed E-state index contributed by atoms with van der Waals surface area (Å²) < 4.78 is 1.95. The summed E-state index contributed by atoms with van der Waals surface area (Å²) in [6.07, 6.45) is 1.63. The van der Waals surface area contributed by atoms with Crippen molar-refractivity contribution in [2.45, 2.75) is 27.3 Å². The van der Waals surface area contributed by atoms with Gasteiger partial charge in [0.15, 0.2) is 0 Å². The summed E-state index contributed by atoms with van der Waals surface area (Å²) in [7, 11) is 0. The van der Waals surface area contributed by atoms with Gasteiger partial charge in [-0.1, -0.05) is 42.0 Å². The van der Waals surface area contributed by atoms with E-state index in [9.17, 15) is 4.79 Å². The van der Waals surface area contributed by atoms with Crippen LogP contribution in [0.1, 0.15) is 38.4 Å². The van der Waals surface area contributed by atoms with E-state index in [1.165, 1.54) is 5.56 Å². The molecule has 132 valence electrons. The van der Waals surface area contributed by atoms with Crippen molar-refractivity contribution < 1.29 is 4.79 Å². The second kappa shape index (κ2) is 7.78. The molecule has 1 aromatic heterocycles. The molecule has 2 aromatic carbocycles. The van der Waals surface area contributed by atoms with Crippen LogP contribution in [0.25, 0.3) is 0 Å². The summed E-state index contributed by atoms with van der Waals surface area (Å²) >= 11 is 0. The van der Waals surface area contributed by atoms with Gasteiger partial charge < -0.3 is 0 Å². The third-order valence-electron chi connectivity index (χ3n) is 4.11. The Kier molecular flexibility index (Phi) is 5.27. The topological polar surface area (TPSA) is 59.3 Å². The Bertz CT molecular complexity index is 922. The van der Waals surface area contributed by atoms with E-state index in [4.69, 9.17) is 0 Å². The highest BCUT2D eigenvalue weighted by Gasteiger charge is 2.06. The number of nitrogens with one attached hydrogen (secondary N) is 1. The van der Waals surface area contributed by atoms with Gasteiger partial charge in [0, 0.05) is 11.3 Å². The lowest BCUT2D eigenvalue weighted by molar-refractivity contribution is 0.0955. The molecule has 1 heterocycles. The molecule has 3 rings (SSSR count). The molecule has 0 fully saturated rings. The summed E-state index contributed by atoms with van der Waals surface area (Å²) in [5, 5.41) is 8.47. The van der Waals surface area contributed by atoms with Gasteiger partial charge in [0.1, 0.15) is 0 Å². The van der Waals surface area contributed by atoms with E-state index in [0.717, 1.165) is 22.5 Å². The fourth-order valence-electron chi connectivity index (χ4n) is 2.65. The molecule has 0 unspecified atom stereocenters. The number of hydrogen-bond donors (Lipinski definition) is 1. The van der Waals surface area contributed by atoms with Gasteiger partial charge in [0.2, 0.25) is 0 Å². The summed E-state index contributed by atoms with van der Waals surface area (Å²) in [5.74, 6) is -0.231. The smallest absolute Gasteiger partial charge is 0.267 e. The van der Waals surface area contributed by atoms with Crippen molar-refractivity contribution >= 4 is 12.1 Å². The van der Waals surface area contributed by atoms with Crippen molar-refractivity contribution in [2.75, 3.05) is 0 Å². The number of amides is 1. The van der Waals surface area contributed by atoms with Gasteiger partial charge in [-0.15, -0.1) is 0 Å². The van der Waals surface area contributed by atoms with Crippen molar-refractivity contribution in [1.29, 1.82) is 0 Å². The number of aromatic nitrogens is 2. The van der Waals surface area contributed by atoms with Crippen LogP contribution >= 0.6 is 0 Å². The lowest BCUT2D eigenvalue weighted by atomic mass is 10.1. The fraction of sp³-hybridized carbons (Fsp3) is 0.190. The lowest BCUT2D eigenvalue weighted by Crippen LogP contribution is -2.17. The Morgan fingerprint density at radius 3 is 2.38 bits per heavy atom. The van der Waals surface area contributed by atoms with Crippen LogP contribution in [0, 0.1) is 20.8 Å². The van der Waals surface area contributed by atoms with Gasteiger partial charge in [0.05, 0.1) is 18.5 Å². The van der Waals surface area contributed by atoms with E-state index in [0.29, 0.717) is 12.1 Å². The first-order valence-electron chi connectivity index (χ1n) is 8.51. The number of aryl methyl sites for hydroxylation is 3. The Labute approximate surface area is 153 Å². The SMILES string of the molecule is Cc1ccc(C=NNC(=O)c2ccc(Cn3nc(C)cc3C)cc2)cc1. The molecule has 0 aliphatic carbocycles. The van der Waals surface area contributed by atoms with Crippen LogP contribution in [0.15, 0.2) is 59.7 Å². The Morgan fingerprint density at radius 2 is 1.77 bits per heavy atom. The molecular weight excluding hydrogens is 324 g/mol. The van der Waals surface area contributed by atoms with E-state index in [1.54, 1.807) is 18.3 Å². The lowest BCUT2D eigenvalue weighted by Gasteiger charge is -2.06. The van der Waals surface area contributed by atoms with Gasteiger partial charge in [-0.3, -0.25) is 9.48 Å². The zero-order chi connectivity index (χ0) is 18.5. The summed E-state index contributed by atoms with van der Waals surface area (Å²) in [5.41, 5.74) is 8.47. The van der Waals surface area contributed by atoms with Crippen LogP contribution in [-0.4, -0.2) is 21.9 Å². The Balaban J connectivity index is 1.59. The summed E-state index contributed by atoms with van der Waals surface area (Å²) in [4.78, 5) is 12.2. The minimum Gasteiger partial charge on any atom is -0.267 e. The first-order valence-corrected chi connectivity index (χ1v) is 8.51. The van der Waals surface area contributed by atoms with Crippen LogP contribution in [0.2, 0.25) is 0 Å². The maximum Gasteiger partial charge on any atom is 0.271 e. The first kappa shape index (κ1) is 17.6. The van der Waals surface area contributed by atoms with Gasteiger partial charge in [-0.05, 0) is 50.1 Å². The molecule has 5 nitrogen and oxygen atoms in total. The molecule has 1 amide bonds. The summed E-state index contributed by atoms with van der Waals surface area (Å²) in [6, 6.07) is 17.5. The second-order valence-electron chi connectivity index (χ2n) is 6.39. The molecule has 1 N–H and O–H groups in total. The number of carbonyl (C=O) groups excluding carboxylic acids is 1. The van der Waals surface area contributed by atoms with E-state index < -0.39 is 0 Å². The maximum absolute atomic E-state index is 12.2. The number of hydrazone groups is 1. The van der Waals surface area contributed by atoms with Crippen molar-refractivity contribution in [3.63, 3.8) is 0 Å². The minimum absolute atomic E-state index is 0.231. The van der Waals surface area contributed by atoms with Gasteiger partial charge in [-0.2, -0.15) is 10.2 Å². The maximum atomic E-state index is 12.2. The second-order valence-corrected chi connectivity index (χ2v) is 6.39. The van der Waals surface area contributed by atoms with Crippen LogP contribution in [0.5, 0.6) is 0 Å². The van der Waals surface area contributed by atoms with Crippen LogP contribution < -0.4 is 5.43 Å². The van der Waals surface area contributed by atoms with Crippen LogP contribution in [0.4, 0.5) is 0 Å². The normalized spacial score (nSPS) is 11.0. The highest BCUT2D eigenvalue weighted by molar-refractivity contribution is 5.94. The van der Waals surface area contributed by atoms with E-state index in [-0.39, 0.29) is 5.91 Å². The highest BCUT2D eigenvalue weighted by atomic mass is 16.2. The molecule has 26 heavy (non-hydrogen) atoms. The number of benzene rings is 2. The number of nitrogens with zero attached hydrogens (tertiary/aromatic N) is 3. The number of hydrogen-bond acceptors (Lipinski definition) is 3. The molecule has 0 spiro atoms. The highest BCUT2D eigenvalue weighted by Crippen LogP contribution is 2.09. The van der Waals surface area contributed by atoms with E-state index >= 15 is 0 Å². The Morgan fingerprint density at radius 1 is 1.08 bits per heavy atom. The quantitative estimate of drug-likeness (QED) is 0.566. The monoisotopic (exact) mass is 346 g/mol. The average molecular weight is 346 g/mol. The van der Waals surface area contributed by atoms with Crippen LogP contribution in [0.3, 0.4) is 0 Å². The third-order valence-corrected chi connectivity index (χ3v) is 4.11. The largest absolute Gasteiger partial charge is 0.271 e. The van der Waals surface area contributed by atoms with E-state index in [1.807, 2.05) is 67.9 Å². The standard InChI is InChI=1S/C21H22N4O/c1-15-4-6-18(7-5-15)13-22-23-21(26)20-10-8-19(9-11-20)14-25-17(3)12-16(2)24-25/h4-13H,14H2,1-3H3,(H,23,26). The predicted octanol–water partition coefficient (Wildman–Crippen LogP) is 3.62. The zero-order valence-electron chi connectivity index (χ0n) is 15.2. The van der Waals surface area contributed by atoms with E-state index in [2.05, 4.69) is 15.6 Å². The first-order chi connectivity index (χ1) is 12.5. The molecule has 0 radical (unpaired) electrons. The van der Waals surface area contributed by atoms with Crippen molar-refractivity contribution in [3.8, 4) is 0 Å². The minimum atomic E-state index is -0.231. The molecule has 0 saturated heterocycles. The molecule has 0 atom stereocenters. The molecule has 5 heteroatoms. The molecule has 0 saturated carbocycles. The van der Waals surface area contributed by atoms with Crippen molar-refractivity contribution in [3.05, 3.63) is 88.2 Å². The average Bonchev–Trinajstić information content (AvgIpc) is 2.94. The molecule has 0 aliphatic rings. The van der Waals surface area contributed by atoms with Crippen molar-refractivity contribution in [1.82, 2.24) is 15.2 Å². The molecule has 0 bridgehead atoms. The third kappa shape index (κ3) is 4.45. The van der Waals surface area contributed by atoms with Gasteiger partial charge in [-0.25, -0.2) is 5.43 Å². The Hall–Kier alpha value is -3.21. The summed E-state index contributed by atoms with van der Waals surface area (Å²) in [6.45, 7) is 6.73. The predicted molar refractivity (Wildman–Crippen MR) is 103 cm³/mol. The number of carbonyl (C=O) groups is 1. The van der Waals surface area contributed by atoms with Crippen LogP contribution in [-0.2, 0) is 6.54 Å². The number of rotatable bonds is 5. The fourth-order valence-corrected chi connectivity index (χ4v) is 2.65. The van der Waals surface area contributed by atoms with Gasteiger partial charge >= 0.3 is 0 Å².